The van der Waals surface area contributed by atoms with Crippen molar-refractivity contribution in [1.29, 1.82) is 0 Å². The third kappa shape index (κ3) is 5.72. The van der Waals surface area contributed by atoms with Crippen LogP contribution in [0.3, 0.4) is 0 Å². The number of carbonyl (C=O) groups is 1. The van der Waals surface area contributed by atoms with E-state index >= 15 is 0 Å². The van der Waals surface area contributed by atoms with Gasteiger partial charge in [0, 0.05) is 44.0 Å². The molecule has 0 radical (unpaired) electrons. The van der Waals surface area contributed by atoms with Crippen LogP contribution in [-0.4, -0.2) is 68.4 Å². The Bertz CT molecular complexity index is 1240. The van der Waals surface area contributed by atoms with Gasteiger partial charge < -0.3 is 15.3 Å². The zero-order valence-electron chi connectivity index (χ0n) is 18.8. The van der Waals surface area contributed by atoms with Crippen LogP contribution in [0.5, 0.6) is 0 Å². The number of carbonyl (C=O) groups excluding carboxylic acids is 1. The molecular formula is C20H18F9N3O4S2. The molecule has 2 N–H and O–H groups in total. The number of nitrogens with one attached hydrogen (secondary N) is 1. The predicted octanol–water partition coefficient (Wildman–Crippen LogP) is 3.75. The molecular weight excluding hydrogens is 581 g/mol. The number of piperazine rings is 1. The van der Waals surface area contributed by atoms with Gasteiger partial charge in [0.15, 0.2) is 0 Å². The quantitative estimate of drug-likeness (QED) is 0.494. The van der Waals surface area contributed by atoms with Crippen LogP contribution < -0.4 is 10.2 Å². The molecule has 0 atom stereocenters. The Labute approximate surface area is 213 Å². The number of thiophene rings is 1. The molecule has 7 nitrogen and oxygen atoms in total. The van der Waals surface area contributed by atoms with Gasteiger partial charge >= 0.3 is 24.4 Å². The Morgan fingerprint density at radius 3 is 2.00 bits per heavy atom. The maximum absolute atomic E-state index is 13.4. The summed E-state index contributed by atoms with van der Waals surface area (Å²) in [7, 11) is -3.87. The largest absolute Gasteiger partial charge is 0.471 e. The Morgan fingerprint density at radius 1 is 0.947 bits per heavy atom. The Balaban J connectivity index is 1.96. The minimum Gasteiger partial charge on any atom is -0.369 e. The van der Waals surface area contributed by atoms with Crippen molar-refractivity contribution in [3.05, 3.63) is 46.8 Å². The molecule has 0 aliphatic carbocycles. The first kappa shape index (κ1) is 30.0. The molecule has 2 heterocycles. The van der Waals surface area contributed by atoms with Crippen LogP contribution in [0.25, 0.3) is 0 Å². The summed E-state index contributed by atoms with van der Waals surface area (Å²) < 4.78 is 145. The summed E-state index contributed by atoms with van der Waals surface area (Å²) in [5.74, 6) is -2.50. The zero-order valence-corrected chi connectivity index (χ0v) is 20.4. The lowest BCUT2D eigenvalue weighted by molar-refractivity contribution is -0.376. The predicted molar refractivity (Wildman–Crippen MR) is 116 cm³/mol. The topological polar surface area (TPSA) is 89.9 Å². The summed E-state index contributed by atoms with van der Waals surface area (Å²) in [6.07, 6.45) is -17.9. The summed E-state index contributed by atoms with van der Waals surface area (Å²) in [6.45, 7) is -1.72. The van der Waals surface area contributed by atoms with E-state index in [9.17, 15) is 57.8 Å². The van der Waals surface area contributed by atoms with Gasteiger partial charge in [-0.1, -0.05) is 12.1 Å². The standard InChI is InChI=1S/C20H18F9N3O4S2/c21-18(22,23)16(33)30-11-12-10-13(17(34,19(24,25)26)20(27,28)29)3-4-14(12)31-5-7-32(8-6-31)38(35,36)15-2-1-9-37-15/h1-4,9-10,34H,5-8,11H2,(H,30,33). The lowest BCUT2D eigenvalue weighted by Gasteiger charge is -2.37. The van der Waals surface area contributed by atoms with Crippen molar-refractivity contribution < 1.29 is 57.8 Å². The highest BCUT2D eigenvalue weighted by molar-refractivity contribution is 7.91. The molecule has 1 saturated heterocycles. The first-order valence-electron chi connectivity index (χ1n) is 10.4. The molecule has 1 aliphatic heterocycles. The average Bonchev–Trinajstić information content (AvgIpc) is 3.36. The average molecular weight is 599 g/mol. The van der Waals surface area contributed by atoms with Crippen LogP contribution in [0.2, 0.25) is 0 Å². The van der Waals surface area contributed by atoms with Crippen molar-refractivity contribution in [2.45, 2.75) is 34.9 Å². The SMILES string of the molecule is O=C(NCc1cc(C(O)(C(F)(F)F)C(F)(F)F)ccc1N1CCN(S(=O)(=O)c2cccs2)CC1)C(F)(F)F. The molecule has 1 aliphatic rings. The first-order chi connectivity index (χ1) is 17.3. The van der Waals surface area contributed by atoms with Crippen LogP contribution >= 0.6 is 11.3 Å². The molecule has 1 amide bonds. The molecule has 1 fully saturated rings. The molecule has 1 aromatic heterocycles. The van der Waals surface area contributed by atoms with Crippen molar-refractivity contribution in [2.75, 3.05) is 31.1 Å². The molecule has 1 aromatic carbocycles. The monoisotopic (exact) mass is 599 g/mol. The Kier molecular flexibility index (Phi) is 8.04. The number of alkyl halides is 9. The van der Waals surface area contributed by atoms with Crippen LogP contribution in [0.1, 0.15) is 11.1 Å². The smallest absolute Gasteiger partial charge is 0.369 e. The number of sulfonamides is 1. The van der Waals surface area contributed by atoms with Crippen molar-refractivity contribution in [1.82, 2.24) is 9.62 Å². The molecule has 0 spiro atoms. The minimum atomic E-state index is -6.25. The number of anilines is 1. The van der Waals surface area contributed by atoms with Crippen molar-refractivity contribution in [3.8, 4) is 0 Å². The molecule has 2 aromatic rings. The molecule has 38 heavy (non-hydrogen) atoms. The van der Waals surface area contributed by atoms with Gasteiger partial charge in [-0.2, -0.15) is 43.8 Å². The van der Waals surface area contributed by atoms with Gasteiger partial charge in [-0.15, -0.1) is 11.3 Å². The number of halogens is 9. The number of hydrogen-bond acceptors (Lipinski definition) is 6. The molecule has 18 heteroatoms. The summed E-state index contributed by atoms with van der Waals surface area (Å²) in [5, 5.41) is 12.6. The molecule has 0 saturated carbocycles. The first-order valence-corrected chi connectivity index (χ1v) is 12.7. The van der Waals surface area contributed by atoms with E-state index in [0.717, 1.165) is 21.7 Å². The van der Waals surface area contributed by atoms with Crippen molar-refractivity contribution >= 4 is 33.0 Å². The normalized spacial score (nSPS) is 16.5. The molecule has 212 valence electrons. The van der Waals surface area contributed by atoms with Gasteiger partial charge in [-0.3, -0.25) is 4.79 Å². The van der Waals surface area contributed by atoms with Gasteiger partial charge in [-0.05, 0) is 29.1 Å². The highest BCUT2D eigenvalue weighted by Gasteiger charge is 2.71. The summed E-state index contributed by atoms with van der Waals surface area (Å²) in [5.41, 5.74) is -7.83. The van der Waals surface area contributed by atoms with E-state index in [2.05, 4.69) is 0 Å². The Morgan fingerprint density at radius 2 is 1.53 bits per heavy atom. The van der Waals surface area contributed by atoms with Gasteiger partial charge in [0.25, 0.3) is 15.6 Å². The Hall–Kier alpha value is -2.57. The third-order valence-corrected chi connectivity index (χ3v) is 8.95. The van der Waals surface area contributed by atoms with E-state index in [0.29, 0.717) is 6.07 Å². The molecule has 3 rings (SSSR count). The minimum absolute atomic E-state index is 0.0458. The number of hydrogen-bond donors (Lipinski definition) is 2. The number of amides is 1. The van der Waals surface area contributed by atoms with Gasteiger partial charge in [0.05, 0.1) is 0 Å². The van der Waals surface area contributed by atoms with E-state index in [1.807, 2.05) is 0 Å². The maximum Gasteiger partial charge on any atom is 0.471 e. The van der Waals surface area contributed by atoms with Gasteiger partial charge in [0.1, 0.15) is 4.21 Å². The second-order valence-corrected chi connectivity index (χ2v) is 11.2. The van der Waals surface area contributed by atoms with Crippen LogP contribution in [-0.2, 0) is 27.0 Å². The summed E-state index contributed by atoms with van der Waals surface area (Å²) in [4.78, 5) is 12.6. The lowest BCUT2D eigenvalue weighted by Crippen LogP contribution is -2.54. The fourth-order valence-corrected chi connectivity index (χ4v) is 6.30. The van der Waals surface area contributed by atoms with Gasteiger partial charge in [-0.25, -0.2) is 8.42 Å². The van der Waals surface area contributed by atoms with Crippen LogP contribution in [0, 0.1) is 0 Å². The van der Waals surface area contributed by atoms with E-state index in [4.69, 9.17) is 0 Å². The van der Waals surface area contributed by atoms with Crippen molar-refractivity contribution in [3.63, 3.8) is 0 Å². The van der Waals surface area contributed by atoms with Gasteiger partial charge in [0.2, 0.25) is 0 Å². The second kappa shape index (κ2) is 10.2. The maximum atomic E-state index is 13.4. The highest BCUT2D eigenvalue weighted by atomic mass is 32.2. The zero-order chi connectivity index (χ0) is 28.7. The number of aliphatic hydroxyl groups is 1. The lowest BCUT2D eigenvalue weighted by atomic mass is 9.90. The van der Waals surface area contributed by atoms with Crippen molar-refractivity contribution in [2.24, 2.45) is 0 Å². The molecule has 0 bridgehead atoms. The van der Waals surface area contributed by atoms with E-state index in [-0.39, 0.29) is 42.1 Å². The summed E-state index contributed by atoms with van der Waals surface area (Å²) >= 11 is 0.959. The number of nitrogens with zero attached hydrogens (tertiary/aromatic N) is 2. The van der Waals surface area contributed by atoms with E-state index < -0.39 is 57.7 Å². The van der Waals surface area contributed by atoms with Crippen LogP contribution in [0.15, 0.2) is 39.9 Å². The third-order valence-electron chi connectivity index (χ3n) is 5.68. The number of benzene rings is 1. The van der Waals surface area contributed by atoms with E-state index in [1.54, 1.807) is 0 Å². The summed E-state index contributed by atoms with van der Waals surface area (Å²) in [6, 6.07) is 4.15. The fourth-order valence-electron chi connectivity index (χ4n) is 3.73. The molecule has 0 unspecified atom stereocenters. The van der Waals surface area contributed by atoms with Crippen LogP contribution in [0.4, 0.5) is 45.2 Å². The van der Waals surface area contributed by atoms with E-state index in [1.165, 1.54) is 27.7 Å². The second-order valence-electron chi connectivity index (χ2n) is 8.05. The number of rotatable bonds is 6. The highest BCUT2D eigenvalue weighted by Crippen LogP contribution is 2.50. The fraction of sp³-hybridized carbons (Fsp3) is 0.450.